The van der Waals surface area contributed by atoms with Crippen LogP contribution in [0, 0.1) is 5.92 Å². The maximum Gasteiger partial charge on any atom is 0.191 e. The molecule has 0 aliphatic heterocycles. The van der Waals surface area contributed by atoms with Gasteiger partial charge in [0, 0.05) is 13.6 Å². The molecule has 2 N–H and O–H groups in total. The molecule has 1 unspecified atom stereocenters. The number of nitrogens with zero attached hydrogens (tertiary/aromatic N) is 1. The van der Waals surface area contributed by atoms with E-state index in [0.29, 0.717) is 5.92 Å². The summed E-state index contributed by atoms with van der Waals surface area (Å²) in [5.74, 6) is 1.47. The molecule has 0 radical (unpaired) electrons. The Kier molecular flexibility index (Phi) is 8.79. The van der Waals surface area contributed by atoms with E-state index in [1.807, 2.05) is 6.07 Å². The van der Waals surface area contributed by atoms with Gasteiger partial charge in [0.2, 0.25) is 0 Å². The lowest BCUT2D eigenvalue weighted by molar-refractivity contribution is 0.602. The maximum absolute atomic E-state index is 4.22. The van der Waals surface area contributed by atoms with E-state index in [4.69, 9.17) is 0 Å². The first-order chi connectivity index (χ1) is 8.13. The van der Waals surface area contributed by atoms with E-state index >= 15 is 0 Å². The second kappa shape index (κ2) is 9.19. The van der Waals surface area contributed by atoms with Crippen molar-refractivity contribution in [2.45, 2.75) is 26.8 Å². The van der Waals surface area contributed by atoms with Gasteiger partial charge >= 0.3 is 0 Å². The fourth-order valence-electron chi connectivity index (χ4n) is 1.53. The molecule has 4 heteroatoms. The van der Waals surface area contributed by atoms with Crippen molar-refractivity contribution >= 4 is 29.9 Å². The van der Waals surface area contributed by atoms with Gasteiger partial charge in [0.05, 0.1) is 6.04 Å². The zero-order chi connectivity index (χ0) is 12.7. The summed E-state index contributed by atoms with van der Waals surface area (Å²) in [6, 6.07) is 10.6. The minimum absolute atomic E-state index is 0. The number of hydrogen-bond donors (Lipinski definition) is 2. The van der Waals surface area contributed by atoms with Crippen LogP contribution in [0.25, 0.3) is 0 Å². The third-order valence-corrected chi connectivity index (χ3v) is 2.55. The second-order valence-corrected chi connectivity index (χ2v) is 4.62. The summed E-state index contributed by atoms with van der Waals surface area (Å²) < 4.78 is 0. The summed E-state index contributed by atoms with van der Waals surface area (Å²) in [4.78, 5) is 4.22. The average Bonchev–Trinajstić information content (AvgIpc) is 2.35. The first-order valence-electron chi connectivity index (χ1n) is 6.15. The Balaban J connectivity index is 0.00000289. The van der Waals surface area contributed by atoms with E-state index < -0.39 is 0 Å². The number of halogens is 1. The van der Waals surface area contributed by atoms with Gasteiger partial charge in [0.1, 0.15) is 0 Å². The molecule has 18 heavy (non-hydrogen) atoms. The largest absolute Gasteiger partial charge is 0.356 e. The third kappa shape index (κ3) is 6.23. The minimum Gasteiger partial charge on any atom is -0.356 e. The van der Waals surface area contributed by atoms with Crippen LogP contribution in [0.3, 0.4) is 0 Å². The van der Waals surface area contributed by atoms with Gasteiger partial charge in [-0.3, -0.25) is 4.99 Å². The van der Waals surface area contributed by atoms with Crippen molar-refractivity contribution in [1.29, 1.82) is 0 Å². The van der Waals surface area contributed by atoms with Gasteiger partial charge in [0.25, 0.3) is 0 Å². The third-order valence-electron chi connectivity index (χ3n) is 2.55. The summed E-state index contributed by atoms with van der Waals surface area (Å²) in [6.07, 6.45) is 0. The van der Waals surface area contributed by atoms with Crippen LogP contribution in [0.4, 0.5) is 0 Å². The van der Waals surface area contributed by atoms with Crippen LogP contribution in [0.1, 0.15) is 32.4 Å². The van der Waals surface area contributed by atoms with Gasteiger partial charge in [-0.25, -0.2) is 0 Å². The molecule has 0 spiro atoms. The maximum atomic E-state index is 4.22. The van der Waals surface area contributed by atoms with Gasteiger partial charge in [-0.05, 0) is 18.4 Å². The predicted octanol–water partition coefficient (Wildman–Crippen LogP) is 3.19. The number of nitrogens with one attached hydrogen (secondary N) is 2. The van der Waals surface area contributed by atoms with E-state index in [9.17, 15) is 0 Å². The van der Waals surface area contributed by atoms with Crippen LogP contribution in [-0.4, -0.2) is 19.6 Å². The van der Waals surface area contributed by atoms with Gasteiger partial charge in [-0.1, -0.05) is 44.2 Å². The Bertz CT molecular complexity index is 349. The van der Waals surface area contributed by atoms with Crippen LogP contribution in [0.2, 0.25) is 0 Å². The van der Waals surface area contributed by atoms with Crippen LogP contribution < -0.4 is 10.6 Å². The normalized spacial score (nSPS) is 12.8. The molecule has 1 aromatic carbocycles. The van der Waals surface area contributed by atoms with E-state index in [-0.39, 0.29) is 30.0 Å². The van der Waals surface area contributed by atoms with Gasteiger partial charge in [0.15, 0.2) is 5.96 Å². The van der Waals surface area contributed by atoms with Crippen LogP contribution >= 0.6 is 24.0 Å². The Hall–Kier alpha value is -0.780. The Morgan fingerprint density at radius 1 is 1.17 bits per heavy atom. The van der Waals surface area contributed by atoms with Crippen molar-refractivity contribution in [3.05, 3.63) is 35.9 Å². The van der Waals surface area contributed by atoms with Crippen molar-refractivity contribution in [2.75, 3.05) is 13.6 Å². The highest BCUT2D eigenvalue weighted by molar-refractivity contribution is 14.0. The van der Waals surface area contributed by atoms with Gasteiger partial charge in [-0.15, -0.1) is 24.0 Å². The molecule has 3 nitrogen and oxygen atoms in total. The van der Waals surface area contributed by atoms with Crippen molar-refractivity contribution in [1.82, 2.24) is 10.6 Å². The van der Waals surface area contributed by atoms with E-state index in [0.717, 1.165) is 12.5 Å². The lowest BCUT2D eigenvalue weighted by Crippen LogP contribution is -2.40. The molecule has 1 atom stereocenters. The summed E-state index contributed by atoms with van der Waals surface area (Å²) >= 11 is 0. The Morgan fingerprint density at radius 3 is 2.28 bits per heavy atom. The zero-order valence-corrected chi connectivity index (χ0v) is 13.9. The highest BCUT2D eigenvalue weighted by Gasteiger charge is 2.06. The number of hydrogen-bond acceptors (Lipinski definition) is 1. The Morgan fingerprint density at radius 2 is 1.78 bits per heavy atom. The predicted molar refractivity (Wildman–Crippen MR) is 89.6 cm³/mol. The molecule has 0 saturated heterocycles. The molecule has 0 bridgehead atoms. The van der Waals surface area contributed by atoms with Crippen LogP contribution in [-0.2, 0) is 0 Å². The van der Waals surface area contributed by atoms with Gasteiger partial charge < -0.3 is 10.6 Å². The zero-order valence-electron chi connectivity index (χ0n) is 11.6. The minimum atomic E-state index is 0. The highest BCUT2D eigenvalue weighted by atomic mass is 127. The summed E-state index contributed by atoms with van der Waals surface area (Å²) in [6.45, 7) is 7.43. The first-order valence-corrected chi connectivity index (χ1v) is 6.15. The molecule has 0 fully saturated rings. The first kappa shape index (κ1) is 17.2. The van der Waals surface area contributed by atoms with Crippen LogP contribution in [0.5, 0.6) is 0 Å². The van der Waals surface area contributed by atoms with E-state index in [1.165, 1.54) is 5.56 Å². The molecule has 0 aromatic heterocycles. The molecule has 0 heterocycles. The molecule has 0 saturated carbocycles. The molecule has 1 aromatic rings. The lowest BCUT2D eigenvalue weighted by Gasteiger charge is -2.19. The smallest absolute Gasteiger partial charge is 0.191 e. The lowest BCUT2D eigenvalue weighted by atomic mass is 10.1. The quantitative estimate of drug-likeness (QED) is 0.491. The fraction of sp³-hybridized carbons (Fsp3) is 0.500. The number of aliphatic imine (C=N–C) groups is 1. The van der Waals surface area contributed by atoms with Gasteiger partial charge in [-0.2, -0.15) is 0 Å². The summed E-state index contributed by atoms with van der Waals surface area (Å²) in [7, 11) is 1.80. The second-order valence-electron chi connectivity index (χ2n) is 4.62. The van der Waals surface area contributed by atoms with E-state index in [2.05, 4.69) is 60.7 Å². The molecule has 102 valence electrons. The summed E-state index contributed by atoms with van der Waals surface area (Å²) in [5, 5.41) is 6.69. The van der Waals surface area contributed by atoms with Crippen LogP contribution in [0.15, 0.2) is 35.3 Å². The monoisotopic (exact) mass is 361 g/mol. The number of benzene rings is 1. The number of guanidine groups is 1. The molecule has 0 amide bonds. The standard InChI is InChI=1S/C14H23N3.HI/c1-11(2)10-16-14(15-4)17-12(3)13-8-6-5-7-9-13;/h5-9,11-12H,10H2,1-4H3,(H2,15,16,17);1H. The topological polar surface area (TPSA) is 36.4 Å². The highest BCUT2D eigenvalue weighted by Crippen LogP contribution is 2.10. The van der Waals surface area contributed by atoms with Crippen molar-refractivity contribution in [2.24, 2.45) is 10.9 Å². The SMILES string of the molecule is CN=C(NCC(C)C)NC(C)c1ccccc1.I. The summed E-state index contributed by atoms with van der Waals surface area (Å²) in [5.41, 5.74) is 1.26. The van der Waals surface area contributed by atoms with E-state index in [1.54, 1.807) is 7.05 Å². The molecule has 0 aliphatic rings. The average molecular weight is 361 g/mol. The molecular formula is C14H24IN3. The molecular weight excluding hydrogens is 337 g/mol. The molecule has 0 aliphatic carbocycles. The number of rotatable bonds is 4. The molecule has 1 rings (SSSR count). The fourth-order valence-corrected chi connectivity index (χ4v) is 1.53. The van der Waals surface area contributed by atoms with Crippen molar-refractivity contribution in [3.8, 4) is 0 Å². The van der Waals surface area contributed by atoms with Crippen molar-refractivity contribution < 1.29 is 0 Å². The van der Waals surface area contributed by atoms with Crippen molar-refractivity contribution in [3.63, 3.8) is 0 Å². The Labute approximate surface area is 127 Å².